The van der Waals surface area contributed by atoms with Crippen molar-refractivity contribution in [3.05, 3.63) is 17.5 Å². The lowest BCUT2D eigenvalue weighted by atomic mass is 10.0. The van der Waals surface area contributed by atoms with Crippen LogP contribution in [0.3, 0.4) is 0 Å². The number of nitrogens with one attached hydrogen (secondary N) is 1. The predicted molar refractivity (Wildman–Crippen MR) is 63.1 cm³/mol. The van der Waals surface area contributed by atoms with E-state index in [1.165, 1.54) is 6.20 Å². The summed E-state index contributed by atoms with van der Waals surface area (Å²) in [7, 11) is 0. The van der Waals surface area contributed by atoms with Crippen LogP contribution in [0.1, 0.15) is 20.3 Å². The first-order valence-corrected chi connectivity index (χ1v) is 5.41. The molecule has 0 saturated carbocycles. The first-order valence-electron chi connectivity index (χ1n) is 5.03. The lowest BCUT2D eigenvalue weighted by Gasteiger charge is -2.14. The monoisotopic (exact) mass is 242 g/mol. The highest BCUT2D eigenvalue weighted by atomic mass is 35.5. The summed E-state index contributed by atoms with van der Waals surface area (Å²) < 4.78 is 0. The fourth-order valence-corrected chi connectivity index (χ4v) is 1.20. The highest BCUT2D eigenvalue weighted by Gasteiger charge is 2.13. The van der Waals surface area contributed by atoms with Crippen LogP contribution in [0.2, 0.25) is 5.28 Å². The Morgan fingerprint density at radius 1 is 1.62 bits per heavy atom. The molecule has 0 fully saturated rings. The Morgan fingerprint density at radius 2 is 2.31 bits per heavy atom. The Kier molecular flexibility index (Phi) is 4.64. The van der Waals surface area contributed by atoms with Crippen LogP contribution in [-0.2, 0) is 4.79 Å². The Hall–Kier alpha value is -1.20. The van der Waals surface area contributed by atoms with Crippen molar-refractivity contribution in [2.45, 2.75) is 26.3 Å². The smallest absolute Gasteiger partial charge is 0.227 e. The average molecular weight is 243 g/mol. The summed E-state index contributed by atoms with van der Waals surface area (Å²) in [5, 5.41) is 2.72. The first kappa shape index (κ1) is 12.9. The van der Waals surface area contributed by atoms with E-state index >= 15 is 0 Å². The van der Waals surface area contributed by atoms with E-state index in [1.807, 2.05) is 13.8 Å². The first-order chi connectivity index (χ1) is 7.49. The van der Waals surface area contributed by atoms with E-state index in [0.717, 1.165) is 0 Å². The predicted octanol–water partition coefficient (Wildman–Crippen LogP) is 1.44. The van der Waals surface area contributed by atoms with Gasteiger partial charge in [0.25, 0.3) is 0 Å². The van der Waals surface area contributed by atoms with Crippen molar-refractivity contribution in [2.24, 2.45) is 11.7 Å². The van der Waals surface area contributed by atoms with E-state index < -0.39 is 0 Å². The second-order valence-corrected chi connectivity index (χ2v) is 4.21. The van der Waals surface area contributed by atoms with Gasteiger partial charge in [0, 0.05) is 18.7 Å². The Labute approximate surface area is 99.4 Å². The van der Waals surface area contributed by atoms with Gasteiger partial charge in [0.05, 0.1) is 0 Å². The zero-order valence-corrected chi connectivity index (χ0v) is 10.0. The molecule has 16 heavy (non-hydrogen) atoms. The molecule has 1 unspecified atom stereocenters. The van der Waals surface area contributed by atoms with Crippen LogP contribution in [0.25, 0.3) is 0 Å². The number of aromatic nitrogens is 2. The molecule has 0 bridgehead atoms. The third kappa shape index (κ3) is 4.12. The standard InChI is InChI=1S/C10H15ClN4O/c1-6(2)7(12)5-9(16)14-8-3-4-13-10(11)15-8/h3-4,6-7H,5,12H2,1-2H3,(H,13,14,15,16). The van der Waals surface area contributed by atoms with Gasteiger partial charge in [0.2, 0.25) is 11.2 Å². The molecule has 0 aliphatic rings. The second-order valence-electron chi connectivity index (χ2n) is 3.87. The van der Waals surface area contributed by atoms with Crippen LogP contribution < -0.4 is 11.1 Å². The maximum absolute atomic E-state index is 11.5. The minimum Gasteiger partial charge on any atom is -0.327 e. The molecule has 5 nitrogen and oxygen atoms in total. The van der Waals surface area contributed by atoms with Crippen molar-refractivity contribution in [1.82, 2.24) is 9.97 Å². The van der Waals surface area contributed by atoms with Gasteiger partial charge in [-0.2, -0.15) is 0 Å². The molecule has 3 N–H and O–H groups in total. The third-order valence-corrected chi connectivity index (χ3v) is 2.35. The fourth-order valence-electron chi connectivity index (χ4n) is 1.05. The number of amides is 1. The normalized spacial score (nSPS) is 12.6. The molecule has 1 aromatic heterocycles. The molecule has 0 aliphatic carbocycles. The van der Waals surface area contributed by atoms with Crippen molar-refractivity contribution in [1.29, 1.82) is 0 Å². The SMILES string of the molecule is CC(C)C(N)CC(=O)Nc1ccnc(Cl)n1. The van der Waals surface area contributed by atoms with E-state index in [0.29, 0.717) is 5.82 Å². The van der Waals surface area contributed by atoms with Crippen LogP contribution in [-0.4, -0.2) is 21.9 Å². The van der Waals surface area contributed by atoms with Gasteiger partial charge in [-0.1, -0.05) is 13.8 Å². The summed E-state index contributed by atoms with van der Waals surface area (Å²) in [5.74, 6) is 0.483. The molecule has 1 atom stereocenters. The molecule has 1 heterocycles. The van der Waals surface area contributed by atoms with Crippen molar-refractivity contribution in [2.75, 3.05) is 5.32 Å². The van der Waals surface area contributed by atoms with Crippen LogP contribution in [0.4, 0.5) is 5.82 Å². The Balaban J connectivity index is 2.52. The number of anilines is 1. The van der Waals surface area contributed by atoms with Gasteiger partial charge in [-0.05, 0) is 23.6 Å². The quantitative estimate of drug-likeness (QED) is 0.783. The Morgan fingerprint density at radius 3 is 2.88 bits per heavy atom. The summed E-state index contributed by atoms with van der Waals surface area (Å²) in [5.41, 5.74) is 5.78. The largest absolute Gasteiger partial charge is 0.327 e. The summed E-state index contributed by atoms with van der Waals surface area (Å²) in [4.78, 5) is 19.1. The lowest BCUT2D eigenvalue weighted by Crippen LogP contribution is -2.31. The van der Waals surface area contributed by atoms with Gasteiger partial charge in [-0.15, -0.1) is 0 Å². The summed E-state index contributed by atoms with van der Waals surface area (Å²) in [6.07, 6.45) is 1.74. The fraction of sp³-hybridized carbons (Fsp3) is 0.500. The number of nitrogens with zero attached hydrogens (tertiary/aromatic N) is 2. The molecule has 0 saturated heterocycles. The molecule has 1 amide bonds. The number of carbonyl (C=O) groups is 1. The highest BCUT2D eigenvalue weighted by Crippen LogP contribution is 2.08. The zero-order valence-electron chi connectivity index (χ0n) is 9.27. The van der Waals surface area contributed by atoms with E-state index in [9.17, 15) is 4.79 Å². The zero-order chi connectivity index (χ0) is 12.1. The molecule has 1 aromatic rings. The molecule has 0 aliphatic heterocycles. The number of hydrogen-bond acceptors (Lipinski definition) is 4. The van der Waals surface area contributed by atoms with E-state index in [2.05, 4.69) is 15.3 Å². The summed E-state index contributed by atoms with van der Waals surface area (Å²) in [6.45, 7) is 3.94. The minimum absolute atomic E-state index is 0.103. The van der Waals surface area contributed by atoms with Crippen molar-refractivity contribution in [3.63, 3.8) is 0 Å². The molecule has 88 valence electrons. The summed E-state index contributed by atoms with van der Waals surface area (Å²) >= 11 is 5.59. The Bertz CT molecular complexity index is 370. The average Bonchev–Trinajstić information content (AvgIpc) is 2.16. The number of carbonyl (C=O) groups excluding carboxylic acids is 1. The number of halogens is 1. The van der Waals surface area contributed by atoms with E-state index in [1.54, 1.807) is 6.07 Å². The van der Waals surface area contributed by atoms with Crippen molar-refractivity contribution < 1.29 is 4.79 Å². The number of rotatable bonds is 4. The van der Waals surface area contributed by atoms with Gasteiger partial charge >= 0.3 is 0 Å². The van der Waals surface area contributed by atoms with Gasteiger partial charge < -0.3 is 11.1 Å². The summed E-state index contributed by atoms with van der Waals surface area (Å²) in [6, 6.07) is 1.42. The van der Waals surface area contributed by atoms with Crippen LogP contribution in [0.5, 0.6) is 0 Å². The topological polar surface area (TPSA) is 80.9 Å². The van der Waals surface area contributed by atoms with Gasteiger partial charge in [-0.25, -0.2) is 9.97 Å². The molecule has 1 rings (SSSR count). The molecular formula is C10H15ClN4O. The van der Waals surface area contributed by atoms with Gasteiger partial charge in [0.1, 0.15) is 5.82 Å². The highest BCUT2D eigenvalue weighted by molar-refractivity contribution is 6.28. The van der Waals surface area contributed by atoms with Crippen LogP contribution in [0.15, 0.2) is 12.3 Å². The second kappa shape index (κ2) is 5.77. The van der Waals surface area contributed by atoms with Crippen molar-refractivity contribution in [3.8, 4) is 0 Å². The van der Waals surface area contributed by atoms with Crippen LogP contribution >= 0.6 is 11.6 Å². The van der Waals surface area contributed by atoms with Gasteiger partial charge in [-0.3, -0.25) is 4.79 Å². The molecule has 0 aromatic carbocycles. The molecule has 6 heteroatoms. The maximum Gasteiger partial charge on any atom is 0.227 e. The van der Waals surface area contributed by atoms with Crippen LogP contribution in [0, 0.1) is 5.92 Å². The van der Waals surface area contributed by atoms with Crippen molar-refractivity contribution >= 4 is 23.3 Å². The van der Waals surface area contributed by atoms with E-state index in [-0.39, 0.29) is 29.6 Å². The molecule has 0 spiro atoms. The van der Waals surface area contributed by atoms with E-state index in [4.69, 9.17) is 17.3 Å². The number of nitrogens with two attached hydrogens (primary N) is 1. The molecule has 0 radical (unpaired) electrons. The minimum atomic E-state index is -0.170. The lowest BCUT2D eigenvalue weighted by molar-refractivity contribution is -0.116. The number of hydrogen-bond donors (Lipinski definition) is 2. The van der Waals surface area contributed by atoms with Gasteiger partial charge in [0.15, 0.2) is 0 Å². The maximum atomic E-state index is 11.5. The third-order valence-electron chi connectivity index (χ3n) is 2.17. The molecular weight excluding hydrogens is 228 g/mol.